The average Bonchev–Trinajstić information content (AvgIpc) is 3.26. The Bertz CT molecular complexity index is 313. The molecular weight excluding hydrogens is 264 g/mol. The molecule has 120 valence electrons. The van der Waals surface area contributed by atoms with E-state index in [1.807, 2.05) is 0 Å². The first-order valence-electron chi connectivity index (χ1n) is 9.19. The molecule has 0 N–H and O–H groups in total. The van der Waals surface area contributed by atoms with Gasteiger partial charge in [-0.3, -0.25) is 0 Å². The summed E-state index contributed by atoms with van der Waals surface area (Å²) >= 11 is 0. The fraction of sp³-hybridized carbons (Fsp3) is 1.00. The molecule has 0 aromatic carbocycles. The van der Waals surface area contributed by atoms with Gasteiger partial charge in [0.2, 0.25) is 0 Å². The predicted octanol–water partition coefficient (Wildman–Crippen LogP) is 3.41. The molecule has 4 aliphatic rings. The Morgan fingerprint density at radius 2 is 1.10 bits per heavy atom. The molecule has 0 heterocycles. The molecule has 4 aliphatic carbocycles. The van der Waals surface area contributed by atoms with Gasteiger partial charge in [-0.25, -0.2) is 0 Å². The van der Waals surface area contributed by atoms with Crippen LogP contribution in [-0.4, -0.2) is 38.6 Å². The summed E-state index contributed by atoms with van der Waals surface area (Å²) in [5.41, 5.74) is 0. The lowest BCUT2D eigenvalue weighted by Gasteiger charge is -2.23. The lowest BCUT2D eigenvalue weighted by Crippen LogP contribution is -2.24. The first-order chi connectivity index (χ1) is 10.4. The van der Waals surface area contributed by atoms with Crippen molar-refractivity contribution in [2.24, 2.45) is 23.7 Å². The van der Waals surface area contributed by atoms with Crippen LogP contribution in [0.2, 0.25) is 0 Å². The van der Waals surface area contributed by atoms with Gasteiger partial charge in [0.05, 0.1) is 38.6 Å². The summed E-state index contributed by atoms with van der Waals surface area (Å²) in [6.07, 6.45) is 12.2. The summed E-state index contributed by atoms with van der Waals surface area (Å²) < 4.78 is 17.6. The van der Waals surface area contributed by atoms with Gasteiger partial charge in [0.15, 0.2) is 0 Å². The van der Waals surface area contributed by atoms with Gasteiger partial charge in [-0.2, -0.15) is 0 Å². The van der Waals surface area contributed by atoms with Gasteiger partial charge in [-0.05, 0) is 75.0 Å². The Hall–Kier alpha value is -0.120. The molecule has 6 unspecified atom stereocenters. The van der Waals surface area contributed by atoms with E-state index in [2.05, 4.69) is 0 Å². The number of fused-ring (bicyclic) bond motifs is 4. The van der Waals surface area contributed by atoms with Crippen LogP contribution in [0.4, 0.5) is 0 Å². The van der Waals surface area contributed by atoms with E-state index in [0.717, 1.165) is 50.1 Å². The average molecular weight is 294 g/mol. The van der Waals surface area contributed by atoms with Crippen LogP contribution < -0.4 is 0 Å². The second kappa shape index (κ2) is 6.55. The number of hydrogen-bond donors (Lipinski definition) is 0. The topological polar surface area (TPSA) is 27.7 Å². The minimum atomic E-state index is 0.539. The molecule has 0 saturated heterocycles. The smallest absolute Gasteiger partial charge is 0.0704 e. The number of ether oxygens (including phenoxy) is 3. The van der Waals surface area contributed by atoms with E-state index < -0.39 is 0 Å². The largest absolute Gasteiger partial charge is 0.377 e. The molecule has 3 nitrogen and oxygen atoms in total. The lowest BCUT2D eigenvalue weighted by atomic mass is 9.98. The molecule has 21 heavy (non-hydrogen) atoms. The zero-order valence-corrected chi connectivity index (χ0v) is 13.2. The highest BCUT2D eigenvalue weighted by molar-refractivity contribution is 4.91. The summed E-state index contributed by atoms with van der Waals surface area (Å²) in [4.78, 5) is 0. The Morgan fingerprint density at radius 1 is 0.571 bits per heavy atom. The minimum absolute atomic E-state index is 0.539. The van der Waals surface area contributed by atoms with Gasteiger partial charge in [-0.15, -0.1) is 0 Å². The van der Waals surface area contributed by atoms with Crippen molar-refractivity contribution in [3.05, 3.63) is 0 Å². The second-order valence-corrected chi connectivity index (χ2v) is 7.78. The molecule has 0 aliphatic heterocycles. The van der Waals surface area contributed by atoms with Crippen molar-refractivity contribution in [2.45, 2.75) is 63.6 Å². The summed E-state index contributed by atoms with van der Waals surface area (Å²) in [6, 6.07) is 0. The molecule has 6 atom stereocenters. The van der Waals surface area contributed by atoms with Crippen molar-refractivity contribution in [2.75, 3.05) is 26.4 Å². The molecule has 3 heteroatoms. The van der Waals surface area contributed by atoms with Crippen molar-refractivity contribution in [1.29, 1.82) is 0 Å². The maximum atomic E-state index is 5.99. The van der Waals surface area contributed by atoms with Crippen molar-refractivity contribution in [1.82, 2.24) is 0 Å². The first-order valence-corrected chi connectivity index (χ1v) is 9.19. The van der Waals surface area contributed by atoms with Crippen molar-refractivity contribution >= 4 is 0 Å². The van der Waals surface area contributed by atoms with Gasteiger partial charge < -0.3 is 14.2 Å². The standard InChI is InChI=1S/C18H30O3/c1-3-15-9-13(1)11-17(15)20-7-5-19-6-8-21-18-12-14-2-4-16(18)10-14/h13-18H,1-12H2. The maximum absolute atomic E-state index is 5.99. The quantitative estimate of drug-likeness (QED) is 0.642. The fourth-order valence-corrected chi connectivity index (χ4v) is 5.40. The van der Waals surface area contributed by atoms with E-state index in [9.17, 15) is 0 Å². The van der Waals surface area contributed by atoms with E-state index in [-0.39, 0.29) is 0 Å². The highest BCUT2D eigenvalue weighted by atomic mass is 16.5. The van der Waals surface area contributed by atoms with Crippen LogP contribution in [0.3, 0.4) is 0 Å². The van der Waals surface area contributed by atoms with Crippen molar-refractivity contribution in [3.8, 4) is 0 Å². The number of rotatable bonds is 8. The van der Waals surface area contributed by atoms with Crippen LogP contribution in [0.1, 0.15) is 51.4 Å². The van der Waals surface area contributed by atoms with Crippen molar-refractivity contribution in [3.63, 3.8) is 0 Å². The maximum Gasteiger partial charge on any atom is 0.0704 e. The Morgan fingerprint density at radius 3 is 1.48 bits per heavy atom. The monoisotopic (exact) mass is 294 g/mol. The van der Waals surface area contributed by atoms with Gasteiger partial charge in [0, 0.05) is 0 Å². The lowest BCUT2D eigenvalue weighted by molar-refractivity contribution is -0.0452. The molecule has 0 radical (unpaired) electrons. The van der Waals surface area contributed by atoms with Crippen LogP contribution in [0.5, 0.6) is 0 Å². The molecular formula is C18H30O3. The molecule has 4 saturated carbocycles. The molecule has 0 spiro atoms. The number of hydrogen-bond acceptors (Lipinski definition) is 3. The summed E-state index contributed by atoms with van der Waals surface area (Å²) in [6.45, 7) is 2.99. The molecule has 0 amide bonds. The Kier molecular flexibility index (Phi) is 4.52. The van der Waals surface area contributed by atoms with Crippen molar-refractivity contribution < 1.29 is 14.2 Å². The highest BCUT2D eigenvalue weighted by Gasteiger charge is 2.40. The van der Waals surface area contributed by atoms with Crippen LogP contribution in [0.15, 0.2) is 0 Å². The van der Waals surface area contributed by atoms with E-state index in [1.54, 1.807) is 0 Å². The third-order valence-electron chi connectivity index (χ3n) is 6.47. The molecule has 0 aromatic rings. The van der Waals surface area contributed by atoms with Gasteiger partial charge in [-0.1, -0.05) is 0 Å². The Balaban J connectivity index is 1.01. The van der Waals surface area contributed by atoms with Crippen LogP contribution in [-0.2, 0) is 14.2 Å². The molecule has 4 rings (SSSR count). The highest BCUT2D eigenvalue weighted by Crippen LogP contribution is 2.46. The Labute approximate surface area is 128 Å². The summed E-state index contributed by atoms with van der Waals surface area (Å²) in [5.74, 6) is 3.65. The predicted molar refractivity (Wildman–Crippen MR) is 81.2 cm³/mol. The van der Waals surface area contributed by atoms with Gasteiger partial charge in [0.25, 0.3) is 0 Å². The van der Waals surface area contributed by atoms with E-state index in [0.29, 0.717) is 12.2 Å². The van der Waals surface area contributed by atoms with E-state index >= 15 is 0 Å². The van der Waals surface area contributed by atoms with E-state index in [4.69, 9.17) is 14.2 Å². The molecule has 4 fully saturated rings. The first kappa shape index (κ1) is 14.5. The van der Waals surface area contributed by atoms with E-state index in [1.165, 1.54) is 51.4 Å². The third kappa shape index (κ3) is 3.30. The molecule has 4 bridgehead atoms. The SMILES string of the molecule is C(COC1CC2CCC1C2)OCCOC1CC2CCC1C2. The van der Waals surface area contributed by atoms with Gasteiger partial charge >= 0.3 is 0 Å². The normalized spacial score (nSPS) is 44.0. The van der Waals surface area contributed by atoms with Crippen LogP contribution >= 0.6 is 0 Å². The third-order valence-corrected chi connectivity index (χ3v) is 6.47. The molecule has 0 aromatic heterocycles. The van der Waals surface area contributed by atoms with Crippen LogP contribution in [0.25, 0.3) is 0 Å². The van der Waals surface area contributed by atoms with Crippen LogP contribution in [0, 0.1) is 23.7 Å². The summed E-state index contributed by atoms with van der Waals surface area (Å²) in [7, 11) is 0. The summed E-state index contributed by atoms with van der Waals surface area (Å²) in [5, 5.41) is 0. The fourth-order valence-electron chi connectivity index (χ4n) is 5.40. The zero-order chi connectivity index (χ0) is 14.1. The zero-order valence-electron chi connectivity index (χ0n) is 13.2. The minimum Gasteiger partial charge on any atom is -0.377 e. The second-order valence-electron chi connectivity index (χ2n) is 7.78. The van der Waals surface area contributed by atoms with Gasteiger partial charge in [0.1, 0.15) is 0 Å².